The van der Waals surface area contributed by atoms with Crippen LogP contribution in [0.5, 0.6) is 11.5 Å². The van der Waals surface area contributed by atoms with E-state index < -0.39 is 0 Å². The van der Waals surface area contributed by atoms with Crippen molar-refractivity contribution in [3.05, 3.63) is 94.0 Å². The molecule has 0 bridgehead atoms. The Labute approximate surface area is 210 Å². The SMILES string of the molecule is COc1ccc(OC)c(-n2c3nc4ccccc4nc3c3c(=O)n(Cc4ccc(Cl)cc4)cnc32)c1. The van der Waals surface area contributed by atoms with E-state index >= 15 is 0 Å². The molecule has 0 unspecified atom stereocenters. The predicted molar refractivity (Wildman–Crippen MR) is 140 cm³/mol. The van der Waals surface area contributed by atoms with Crippen LogP contribution in [0.15, 0.2) is 77.9 Å². The normalized spacial score (nSPS) is 11.4. The van der Waals surface area contributed by atoms with Gasteiger partial charge in [0.2, 0.25) is 0 Å². The van der Waals surface area contributed by atoms with Gasteiger partial charge in [0.1, 0.15) is 28.7 Å². The molecule has 8 nitrogen and oxygen atoms in total. The van der Waals surface area contributed by atoms with Gasteiger partial charge in [0.25, 0.3) is 5.56 Å². The van der Waals surface area contributed by atoms with Crippen molar-refractivity contribution >= 4 is 44.8 Å². The Bertz CT molecular complexity index is 1830. The molecule has 6 aromatic rings. The summed E-state index contributed by atoms with van der Waals surface area (Å²) in [6.45, 7) is 0.342. The minimum Gasteiger partial charge on any atom is -0.497 e. The second kappa shape index (κ2) is 8.66. The van der Waals surface area contributed by atoms with Crippen molar-refractivity contribution in [3.63, 3.8) is 0 Å². The lowest BCUT2D eigenvalue weighted by atomic mass is 10.2. The van der Waals surface area contributed by atoms with E-state index in [1.54, 1.807) is 41.8 Å². The first kappa shape index (κ1) is 22.1. The van der Waals surface area contributed by atoms with Gasteiger partial charge >= 0.3 is 0 Å². The zero-order chi connectivity index (χ0) is 24.8. The predicted octanol–water partition coefficient (Wildman–Crippen LogP) is 5.00. The number of para-hydroxylation sites is 2. The molecule has 0 aliphatic carbocycles. The summed E-state index contributed by atoms with van der Waals surface area (Å²) in [6, 6.07) is 20.4. The Morgan fingerprint density at radius 1 is 0.889 bits per heavy atom. The van der Waals surface area contributed by atoms with Crippen LogP contribution in [0.1, 0.15) is 5.56 Å². The third-order valence-electron chi connectivity index (χ3n) is 6.12. The molecule has 0 fully saturated rings. The largest absolute Gasteiger partial charge is 0.497 e. The van der Waals surface area contributed by atoms with E-state index in [1.165, 1.54) is 0 Å². The average Bonchev–Trinajstić information content (AvgIpc) is 3.23. The fraction of sp³-hybridized carbons (Fsp3) is 0.111. The molecule has 0 atom stereocenters. The van der Waals surface area contributed by atoms with Gasteiger partial charge in [0, 0.05) is 11.1 Å². The lowest BCUT2D eigenvalue weighted by Crippen LogP contribution is -2.21. The first-order chi connectivity index (χ1) is 17.6. The van der Waals surface area contributed by atoms with Gasteiger partial charge in [0.15, 0.2) is 11.3 Å². The molecule has 3 heterocycles. The second-order valence-corrected chi connectivity index (χ2v) is 8.70. The summed E-state index contributed by atoms with van der Waals surface area (Å²) in [5, 5.41) is 1.02. The summed E-state index contributed by atoms with van der Waals surface area (Å²) in [5.74, 6) is 1.21. The van der Waals surface area contributed by atoms with Crippen molar-refractivity contribution in [2.45, 2.75) is 6.54 Å². The van der Waals surface area contributed by atoms with Gasteiger partial charge < -0.3 is 9.47 Å². The maximum absolute atomic E-state index is 13.8. The zero-order valence-electron chi connectivity index (χ0n) is 19.5. The van der Waals surface area contributed by atoms with Gasteiger partial charge in [-0.15, -0.1) is 0 Å². The summed E-state index contributed by atoms with van der Waals surface area (Å²) in [4.78, 5) is 28.3. The van der Waals surface area contributed by atoms with Crippen LogP contribution in [0.25, 0.3) is 38.9 Å². The summed E-state index contributed by atoms with van der Waals surface area (Å²) in [7, 11) is 3.19. The molecule has 0 spiro atoms. The van der Waals surface area contributed by atoms with Gasteiger partial charge in [0.05, 0.1) is 37.5 Å². The fourth-order valence-corrected chi connectivity index (χ4v) is 4.50. The average molecular weight is 498 g/mol. The van der Waals surface area contributed by atoms with E-state index in [9.17, 15) is 4.79 Å². The van der Waals surface area contributed by atoms with E-state index in [2.05, 4.69) is 0 Å². The van der Waals surface area contributed by atoms with Crippen LogP contribution in [0.4, 0.5) is 0 Å². The lowest BCUT2D eigenvalue weighted by molar-refractivity contribution is 0.402. The van der Waals surface area contributed by atoms with Crippen molar-refractivity contribution < 1.29 is 9.47 Å². The molecule has 0 radical (unpaired) electrons. The third kappa shape index (κ3) is 3.54. The monoisotopic (exact) mass is 497 g/mol. The van der Waals surface area contributed by atoms with Crippen LogP contribution in [0, 0.1) is 0 Å². The molecule has 6 rings (SSSR count). The molecular formula is C27H20ClN5O3. The maximum atomic E-state index is 13.8. The van der Waals surface area contributed by atoms with Crippen molar-refractivity contribution in [3.8, 4) is 17.2 Å². The first-order valence-electron chi connectivity index (χ1n) is 11.2. The number of aromatic nitrogens is 5. The molecule has 0 amide bonds. The van der Waals surface area contributed by atoms with E-state index in [1.807, 2.05) is 54.6 Å². The Kier molecular flexibility index (Phi) is 5.30. The quantitative estimate of drug-likeness (QED) is 0.333. The van der Waals surface area contributed by atoms with Crippen molar-refractivity contribution in [2.75, 3.05) is 14.2 Å². The Balaban J connectivity index is 1.69. The second-order valence-electron chi connectivity index (χ2n) is 8.26. The van der Waals surface area contributed by atoms with Gasteiger partial charge in [-0.3, -0.25) is 13.9 Å². The maximum Gasteiger partial charge on any atom is 0.265 e. The van der Waals surface area contributed by atoms with Crippen molar-refractivity contribution in [1.82, 2.24) is 24.1 Å². The number of fused-ring (bicyclic) bond motifs is 4. The highest BCUT2D eigenvalue weighted by Gasteiger charge is 2.23. The summed E-state index contributed by atoms with van der Waals surface area (Å²) >= 11 is 6.03. The van der Waals surface area contributed by atoms with Crippen LogP contribution in [-0.4, -0.2) is 38.3 Å². The molecule has 0 saturated carbocycles. The van der Waals surface area contributed by atoms with E-state index in [0.29, 0.717) is 62.0 Å². The van der Waals surface area contributed by atoms with Gasteiger partial charge in [-0.05, 0) is 42.0 Å². The zero-order valence-corrected chi connectivity index (χ0v) is 20.2. The van der Waals surface area contributed by atoms with Gasteiger partial charge in [-0.2, -0.15) is 0 Å². The summed E-state index contributed by atoms with van der Waals surface area (Å²) < 4.78 is 14.5. The summed E-state index contributed by atoms with van der Waals surface area (Å²) in [6.07, 6.45) is 1.54. The molecule has 3 aromatic heterocycles. The van der Waals surface area contributed by atoms with Crippen LogP contribution < -0.4 is 15.0 Å². The molecule has 36 heavy (non-hydrogen) atoms. The topological polar surface area (TPSA) is 84.1 Å². The Hall–Kier alpha value is -4.43. The number of hydrogen-bond donors (Lipinski definition) is 0. The molecule has 0 aliphatic heterocycles. The van der Waals surface area contributed by atoms with Crippen LogP contribution in [0.3, 0.4) is 0 Å². The van der Waals surface area contributed by atoms with E-state index in [-0.39, 0.29) is 5.56 Å². The van der Waals surface area contributed by atoms with Crippen LogP contribution in [-0.2, 0) is 6.54 Å². The minimum absolute atomic E-state index is 0.217. The van der Waals surface area contributed by atoms with Gasteiger partial charge in [-0.25, -0.2) is 15.0 Å². The number of rotatable bonds is 5. The van der Waals surface area contributed by atoms with Crippen LogP contribution >= 0.6 is 11.6 Å². The number of methoxy groups -OCH3 is 2. The highest BCUT2D eigenvalue weighted by Crippen LogP contribution is 2.34. The van der Waals surface area contributed by atoms with Gasteiger partial charge in [-0.1, -0.05) is 35.9 Å². The molecule has 0 N–H and O–H groups in total. The molecular weight excluding hydrogens is 478 g/mol. The van der Waals surface area contributed by atoms with Crippen LogP contribution in [0.2, 0.25) is 5.02 Å². The highest BCUT2D eigenvalue weighted by molar-refractivity contribution is 6.30. The fourth-order valence-electron chi connectivity index (χ4n) is 4.37. The smallest absolute Gasteiger partial charge is 0.265 e. The molecule has 0 aliphatic rings. The highest BCUT2D eigenvalue weighted by atomic mass is 35.5. The molecule has 9 heteroatoms. The minimum atomic E-state index is -0.217. The number of hydrogen-bond acceptors (Lipinski definition) is 6. The number of nitrogens with zero attached hydrogens (tertiary/aromatic N) is 5. The number of ether oxygens (including phenoxy) is 2. The van der Waals surface area contributed by atoms with Crippen molar-refractivity contribution in [2.24, 2.45) is 0 Å². The molecule has 0 saturated heterocycles. The van der Waals surface area contributed by atoms with E-state index in [4.69, 9.17) is 36.0 Å². The standard InChI is InChI=1S/C27H20ClN5O3/c1-35-18-11-12-22(36-2)21(13-18)33-25-23(24-26(33)31-20-6-4-3-5-19(20)30-24)27(34)32(15-29-25)14-16-7-9-17(28)10-8-16/h3-13,15H,14H2,1-2H3. The third-order valence-corrected chi connectivity index (χ3v) is 6.38. The van der Waals surface area contributed by atoms with Crippen molar-refractivity contribution in [1.29, 1.82) is 0 Å². The van der Waals surface area contributed by atoms with E-state index in [0.717, 1.165) is 5.56 Å². The molecule has 3 aromatic carbocycles. The Morgan fingerprint density at radius 2 is 1.64 bits per heavy atom. The summed E-state index contributed by atoms with van der Waals surface area (Å²) in [5.41, 5.74) is 4.16. The first-order valence-corrected chi connectivity index (χ1v) is 11.6. The number of benzene rings is 3. The lowest BCUT2D eigenvalue weighted by Gasteiger charge is -2.13. The Morgan fingerprint density at radius 3 is 2.36 bits per heavy atom. The molecule has 178 valence electrons. The number of halogens is 1.